The molecule has 5 heteroatoms. The van der Waals surface area contributed by atoms with Gasteiger partial charge in [0.05, 0.1) is 18.8 Å². The minimum Gasteiger partial charge on any atom is -0.378 e. The number of anilines is 3. The van der Waals surface area contributed by atoms with Crippen molar-refractivity contribution in [3.63, 3.8) is 0 Å². The van der Waals surface area contributed by atoms with Crippen molar-refractivity contribution in [2.24, 2.45) is 5.92 Å². The number of nitrogens with one attached hydrogen (secondary N) is 1. The molecule has 2 aliphatic heterocycles. The molecule has 2 fully saturated rings. The molecular formula is C25H31N3O2. The van der Waals surface area contributed by atoms with E-state index in [1.165, 1.54) is 12.1 Å². The van der Waals surface area contributed by atoms with Gasteiger partial charge in [-0.3, -0.25) is 9.69 Å². The van der Waals surface area contributed by atoms with E-state index in [4.69, 9.17) is 4.74 Å². The average molecular weight is 406 g/mol. The van der Waals surface area contributed by atoms with Gasteiger partial charge in [0.25, 0.3) is 5.91 Å². The van der Waals surface area contributed by atoms with Gasteiger partial charge in [0.1, 0.15) is 5.66 Å². The fourth-order valence-corrected chi connectivity index (χ4v) is 5.31. The Hall–Kier alpha value is -2.53. The molecular weight excluding hydrogens is 374 g/mol. The zero-order chi connectivity index (χ0) is 20.6. The summed E-state index contributed by atoms with van der Waals surface area (Å²) in [4.78, 5) is 18.1. The van der Waals surface area contributed by atoms with Gasteiger partial charge in [-0.15, -0.1) is 0 Å². The van der Waals surface area contributed by atoms with Gasteiger partial charge in [0.15, 0.2) is 0 Å². The molecule has 1 N–H and O–H groups in total. The second-order valence-electron chi connectivity index (χ2n) is 8.81. The number of para-hydroxylation sites is 1. The highest BCUT2D eigenvalue weighted by Gasteiger charge is 2.47. The average Bonchev–Trinajstić information content (AvgIpc) is 2.81. The Morgan fingerprint density at radius 2 is 1.67 bits per heavy atom. The van der Waals surface area contributed by atoms with Crippen LogP contribution in [0.4, 0.5) is 17.1 Å². The summed E-state index contributed by atoms with van der Waals surface area (Å²) in [5.41, 5.74) is 3.58. The number of nitrogens with zero attached hydrogens (tertiary/aromatic N) is 2. The van der Waals surface area contributed by atoms with Gasteiger partial charge in [-0.25, -0.2) is 0 Å². The summed E-state index contributed by atoms with van der Waals surface area (Å²) in [5.74, 6) is 0.869. The molecule has 2 aromatic carbocycles. The van der Waals surface area contributed by atoms with Crippen molar-refractivity contribution >= 4 is 23.0 Å². The van der Waals surface area contributed by atoms with Crippen LogP contribution in [-0.2, 0) is 4.74 Å². The Morgan fingerprint density at radius 1 is 1.00 bits per heavy atom. The van der Waals surface area contributed by atoms with Crippen molar-refractivity contribution in [2.45, 2.75) is 44.7 Å². The van der Waals surface area contributed by atoms with Gasteiger partial charge < -0.3 is 15.0 Å². The maximum atomic E-state index is 13.7. The fraction of sp³-hybridized carbons (Fsp3) is 0.480. The predicted octanol–water partition coefficient (Wildman–Crippen LogP) is 4.89. The number of rotatable bonds is 3. The smallest absolute Gasteiger partial charge is 0.262 e. The number of hydrogen-bond donors (Lipinski definition) is 1. The van der Waals surface area contributed by atoms with Gasteiger partial charge >= 0.3 is 0 Å². The molecule has 0 bridgehead atoms. The molecule has 3 aliphatic rings. The summed E-state index contributed by atoms with van der Waals surface area (Å²) in [7, 11) is 0. The molecule has 5 nitrogen and oxygen atoms in total. The van der Waals surface area contributed by atoms with E-state index in [0.29, 0.717) is 0 Å². The SMILES string of the molecule is CCC1CCC2(CC1)Nc1ccccc1C(=O)N2c1ccc(N2CCOCC2)cc1. The molecule has 0 unspecified atom stereocenters. The Labute approximate surface area is 179 Å². The van der Waals surface area contributed by atoms with E-state index in [9.17, 15) is 4.79 Å². The van der Waals surface area contributed by atoms with Crippen LogP contribution in [0.3, 0.4) is 0 Å². The Kier molecular flexibility index (Phi) is 5.15. The van der Waals surface area contributed by atoms with E-state index in [-0.39, 0.29) is 11.6 Å². The lowest BCUT2D eigenvalue weighted by Gasteiger charge is -2.51. The Morgan fingerprint density at radius 3 is 2.37 bits per heavy atom. The molecule has 0 radical (unpaired) electrons. The normalized spacial score (nSPS) is 26.4. The van der Waals surface area contributed by atoms with Crippen molar-refractivity contribution in [1.82, 2.24) is 0 Å². The van der Waals surface area contributed by atoms with Crippen molar-refractivity contribution in [1.29, 1.82) is 0 Å². The summed E-state index contributed by atoms with van der Waals surface area (Å²) in [6.07, 6.45) is 5.49. The van der Waals surface area contributed by atoms with Gasteiger partial charge in [0, 0.05) is 30.2 Å². The molecule has 1 amide bonds. The van der Waals surface area contributed by atoms with Crippen molar-refractivity contribution in [2.75, 3.05) is 41.4 Å². The highest BCUT2D eigenvalue weighted by molar-refractivity contribution is 6.12. The summed E-state index contributed by atoms with van der Waals surface area (Å²) in [6, 6.07) is 16.5. The van der Waals surface area contributed by atoms with Crippen LogP contribution in [0, 0.1) is 5.92 Å². The highest BCUT2D eigenvalue weighted by atomic mass is 16.5. The number of ether oxygens (including phenoxy) is 1. The van der Waals surface area contributed by atoms with Crippen LogP contribution in [-0.4, -0.2) is 37.9 Å². The molecule has 158 valence electrons. The molecule has 5 rings (SSSR count). The third-order valence-electron chi connectivity index (χ3n) is 7.15. The number of carbonyl (C=O) groups is 1. The lowest BCUT2D eigenvalue weighted by atomic mass is 9.78. The Balaban J connectivity index is 1.49. The fourth-order valence-electron chi connectivity index (χ4n) is 5.31. The van der Waals surface area contributed by atoms with Gasteiger partial charge in [0.2, 0.25) is 0 Å². The summed E-state index contributed by atoms with van der Waals surface area (Å²) in [5, 5.41) is 3.79. The number of carbonyl (C=O) groups excluding carboxylic acids is 1. The summed E-state index contributed by atoms with van der Waals surface area (Å²) in [6.45, 7) is 5.65. The van der Waals surface area contributed by atoms with Crippen LogP contribution in [0.1, 0.15) is 49.4 Å². The maximum absolute atomic E-state index is 13.7. The quantitative estimate of drug-likeness (QED) is 0.790. The monoisotopic (exact) mass is 405 g/mol. The lowest BCUT2D eigenvalue weighted by Crippen LogP contribution is -2.61. The summed E-state index contributed by atoms with van der Waals surface area (Å²) < 4.78 is 5.48. The first-order chi connectivity index (χ1) is 14.7. The largest absolute Gasteiger partial charge is 0.378 e. The number of amides is 1. The minimum atomic E-state index is -0.336. The minimum absolute atomic E-state index is 0.110. The molecule has 0 atom stereocenters. The highest BCUT2D eigenvalue weighted by Crippen LogP contribution is 2.45. The second-order valence-corrected chi connectivity index (χ2v) is 8.81. The van der Waals surface area contributed by atoms with Crippen molar-refractivity contribution in [3.05, 3.63) is 54.1 Å². The van der Waals surface area contributed by atoms with Crippen LogP contribution in [0.15, 0.2) is 48.5 Å². The van der Waals surface area contributed by atoms with Crippen molar-refractivity contribution in [3.8, 4) is 0 Å². The van der Waals surface area contributed by atoms with E-state index in [0.717, 1.165) is 74.8 Å². The molecule has 30 heavy (non-hydrogen) atoms. The number of benzene rings is 2. The molecule has 1 spiro atoms. The standard InChI is InChI=1S/C25H31N3O2/c1-2-19-11-13-25(14-12-19)26-23-6-4-3-5-22(23)24(29)28(25)21-9-7-20(8-10-21)27-15-17-30-18-16-27/h3-10,19,26H,2,11-18H2,1H3. The second kappa shape index (κ2) is 7.95. The molecule has 2 aromatic rings. The predicted molar refractivity (Wildman–Crippen MR) is 121 cm³/mol. The third-order valence-corrected chi connectivity index (χ3v) is 7.15. The van der Waals surface area contributed by atoms with E-state index >= 15 is 0 Å². The lowest BCUT2D eigenvalue weighted by molar-refractivity contribution is 0.0928. The zero-order valence-corrected chi connectivity index (χ0v) is 17.8. The number of hydrogen-bond acceptors (Lipinski definition) is 4. The van der Waals surface area contributed by atoms with Crippen LogP contribution in [0.5, 0.6) is 0 Å². The van der Waals surface area contributed by atoms with E-state index in [1.54, 1.807) is 0 Å². The van der Waals surface area contributed by atoms with Crippen LogP contribution < -0.4 is 15.1 Å². The topological polar surface area (TPSA) is 44.8 Å². The number of fused-ring (bicyclic) bond motifs is 1. The maximum Gasteiger partial charge on any atom is 0.262 e. The first-order valence-corrected chi connectivity index (χ1v) is 11.3. The zero-order valence-electron chi connectivity index (χ0n) is 17.8. The van der Waals surface area contributed by atoms with Gasteiger partial charge in [-0.05, 0) is 68.0 Å². The number of morpholine rings is 1. The molecule has 1 aliphatic carbocycles. The molecule has 1 saturated heterocycles. The van der Waals surface area contributed by atoms with E-state index in [1.807, 2.05) is 29.2 Å². The molecule has 2 heterocycles. The molecule has 0 aromatic heterocycles. The van der Waals surface area contributed by atoms with Crippen molar-refractivity contribution < 1.29 is 9.53 Å². The van der Waals surface area contributed by atoms with Gasteiger partial charge in [-0.1, -0.05) is 25.5 Å². The van der Waals surface area contributed by atoms with Gasteiger partial charge in [-0.2, -0.15) is 0 Å². The van der Waals surface area contributed by atoms with E-state index < -0.39 is 0 Å². The third kappa shape index (κ3) is 3.35. The molecule has 1 saturated carbocycles. The van der Waals surface area contributed by atoms with Crippen LogP contribution in [0.25, 0.3) is 0 Å². The summed E-state index contributed by atoms with van der Waals surface area (Å²) >= 11 is 0. The first-order valence-electron chi connectivity index (χ1n) is 11.3. The van der Waals surface area contributed by atoms with E-state index in [2.05, 4.69) is 41.4 Å². The first kappa shape index (κ1) is 19.4. The van der Waals surface area contributed by atoms with Crippen LogP contribution >= 0.6 is 0 Å². The van der Waals surface area contributed by atoms with Crippen LogP contribution in [0.2, 0.25) is 0 Å². The Bertz CT molecular complexity index is 897.